The Morgan fingerprint density at radius 3 is 2.29 bits per heavy atom. The normalized spacial score (nSPS) is 18.9. The molecule has 38 heavy (non-hydrogen) atoms. The van der Waals surface area contributed by atoms with Crippen molar-refractivity contribution in [2.24, 2.45) is 0 Å². The largest absolute Gasteiger partial charge is 0.497 e. The molecule has 0 unspecified atom stereocenters. The second kappa shape index (κ2) is 11.6. The van der Waals surface area contributed by atoms with Crippen molar-refractivity contribution in [3.8, 4) is 23.0 Å². The molecule has 1 heterocycles. The van der Waals surface area contributed by atoms with Gasteiger partial charge in [-0.1, -0.05) is 13.0 Å². The molecule has 202 valence electrons. The fraction of sp³-hybridized carbons (Fsp3) is 0.400. The van der Waals surface area contributed by atoms with Crippen molar-refractivity contribution in [3.05, 3.63) is 70.1 Å². The number of allylic oxidation sites excluding steroid dienone is 3. The summed E-state index contributed by atoms with van der Waals surface area (Å²) in [6, 6.07) is 11.2. The van der Waals surface area contributed by atoms with Crippen LogP contribution in [0, 0.1) is 0 Å². The minimum Gasteiger partial charge on any atom is -0.497 e. The van der Waals surface area contributed by atoms with Gasteiger partial charge in [0.2, 0.25) is 0 Å². The number of Topliss-reactive ketones (excluding diaryl/α,β-unsaturated/α-hetero) is 1. The number of hydrogen-bond acceptors (Lipinski definition) is 8. The molecule has 2 atom stereocenters. The Bertz CT molecular complexity index is 1290. The van der Waals surface area contributed by atoms with Crippen molar-refractivity contribution in [2.45, 2.75) is 44.9 Å². The van der Waals surface area contributed by atoms with E-state index < -0.39 is 11.9 Å². The predicted molar refractivity (Wildman–Crippen MR) is 143 cm³/mol. The fourth-order valence-electron chi connectivity index (χ4n) is 5.30. The average Bonchev–Trinajstić information content (AvgIpc) is 2.94. The molecular weight excluding hydrogens is 486 g/mol. The Labute approximate surface area is 223 Å². The Morgan fingerprint density at radius 2 is 1.63 bits per heavy atom. The Hall–Kier alpha value is -3.94. The molecule has 0 aromatic heterocycles. The van der Waals surface area contributed by atoms with Crippen LogP contribution in [-0.4, -0.2) is 46.8 Å². The Morgan fingerprint density at radius 1 is 0.921 bits per heavy atom. The minimum atomic E-state index is -0.653. The van der Waals surface area contributed by atoms with E-state index in [4.69, 9.17) is 23.7 Å². The highest BCUT2D eigenvalue weighted by Crippen LogP contribution is 2.49. The summed E-state index contributed by atoms with van der Waals surface area (Å²) in [5.41, 5.74) is 4.07. The van der Waals surface area contributed by atoms with Gasteiger partial charge in [0.1, 0.15) is 11.5 Å². The van der Waals surface area contributed by atoms with Gasteiger partial charge in [-0.05, 0) is 61.6 Å². The number of ketones is 1. The summed E-state index contributed by atoms with van der Waals surface area (Å²) in [6.07, 6.45) is 1.57. The van der Waals surface area contributed by atoms with Gasteiger partial charge in [0, 0.05) is 29.0 Å². The molecule has 2 aromatic rings. The highest BCUT2D eigenvalue weighted by molar-refractivity contribution is 6.04. The first-order valence-electron chi connectivity index (χ1n) is 12.7. The quantitative estimate of drug-likeness (QED) is 0.459. The highest BCUT2D eigenvalue weighted by Gasteiger charge is 2.42. The lowest BCUT2D eigenvalue weighted by molar-refractivity contribution is -0.139. The molecule has 0 amide bonds. The Balaban J connectivity index is 1.83. The zero-order chi connectivity index (χ0) is 27.4. The van der Waals surface area contributed by atoms with Gasteiger partial charge < -0.3 is 29.0 Å². The maximum atomic E-state index is 13.9. The van der Waals surface area contributed by atoms with E-state index in [1.54, 1.807) is 40.6 Å². The van der Waals surface area contributed by atoms with Crippen molar-refractivity contribution >= 4 is 11.8 Å². The number of nitrogens with one attached hydrogen (secondary N) is 1. The third kappa shape index (κ3) is 5.08. The molecule has 0 spiro atoms. The number of carbonyl (C=O) groups excluding carboxylic acids is 2. The SMILES string of the molecule is CCCOC(=O)C1=C(C)NC2=C(C(=O)C[C@H](c3ccc(OC)c(OC)c3)C2)[C@H]1c1cc(OC)ccc1OC. The van der Waals surface area contributed by atoms with E-state index >= 15 is 0 Å². The van der Waals surface area contributed by atoms with Crippen LogP contribution in [0.4, 0.5) is 0 Å². The zero-order valence-corrected chi connectivity index (χ0v) is 22.8. The molecule has 0 saturated carbocycles. The van der Waals surface area contributed by atoms with Crippen LogP contribution < -0.4 is 24.3 Å². The molecule has 0 radical (unpaired) electrons. The van der Waals surface area contributed by atoms with Gasteiger partial charge in [-0.15, -0.1) is 0 Å². The molecule has 0 saturated heterocycles. The second-order valence-electron chi connectivity index (χ2n) is 9.38. The minimum absolute atomic E-state index is 0.0401. The topological polar surface area (TPSA) is 92.3 Å². The first-order valence-corrected chi connectivity index (χ1v) is 12.7. The van der Waals surface area contributed by atoms with Crippen molar-refractivity contribution in [3.63, 3.8) is 0 Å². The lowest BCUT2D eigenvalue weighted by atomic mass is 9.71. The van der Waals surface area contributed by atoms with Gasteiger partial charge in [-0.2, -0.15) is 0 Å². The van der Waals surface area contributed by atoms with Crippen LogP contribution in [0.15, 0.2) is 58.9 Å². The number of dihydropyridines is 1. The molecule has 1 aliphatic carbocycles. The van der Waals surface area contributed by atoms with Gasteiger partial charge in [-0.3, -0.25) is 4.79 Å². The van der Waals surface area contributed by atoms with E-state index in [9.17, 15) is 9.59 Å². The number of esters is 1. The summed E-state index contributed by atoms with van der Waals surface area (Å²) < 4.78 is 27.6. The Kier molecular flexibility index (Phi) is 8.29. The summed E-state index contributed by atoms with van der Waals surface area (Å²) in [6.45, 7) is 4.07. The maximum absolute atomic E-state index is 13.9. The van der Waals surface area contributed by atoms with E-state index in [1.165, 1.54) is 0 Å². The highest BCUT2D eigenvalue weighted by atomic mass is 16.5. The third-order valence-corrected chi connectivity index (χ3v) is 7.11. The van der Waals surface area contributed by atoms with E-state index in [-0.39, 0.29) is 18.1 Å². The predicted octanol–water partition coefficient (Wildman–Crippen LogP) is 5.04. The van der Waals surface area contributed by atoms with Crippen LogP contribution in [0.1, 0.15) is 56.1 Å². The van der Waals surface area contributed by atoms with E-state index in [0.717, 1.165) is 11.3 Å². The molecular formula is C30H35NO7. The lowest BCUT2D eigenvalue weighted by Gasteiger charge is -2.37. The van der Waals surface area contributed by atoms with E-state index in [0.29, 0.717) is 64.9 Å². The van der Waals surface area contributed by atoms with Gasteiger partial charge in [-0.25, -0.2) is 4.79 Å². The van der Waals surface area contributed by atoms with Crippen LogP contribution in [0.25, 0.3) is 0 Å². The average molecular weight is 522 g/mol. The summed E-state index contributed by atoms with van der Waals surface area (Å²) in [7, 11) is 6.34. The molecule has 4 rings (SSSR count). The fourth-order valence-corrected chi connectivity index (χ4v) is 5.30. The standard InChI is InChI=1S/C30H35NO7/c1-7-12-38-30(33)27-17(2)31-22-13-19(18-8-10-25(36-5)26(15-18)37-6)14-23(32)29(22)28(27)21-16-20(34-3)9-11-24(21)35-4/h8-11,15-16,19,28,31H,7,12-14H2,1-6H3/t19-,28+/m1/s1. The molecule has 8 nitrogen and oxygen atoms in total. The number of benzene rings is 2. The summed E-state index contributed by atoms with van der Waals surface area (Å²) in [4.78, 5) is 27.3. The number of rotatable bonds is 9. The van der Waals surface area contributed by atoms with Crippen LogP contribution in [0.2, 0.25) is 0 Å². The van der Waals surface area contributed by atoms with Gasteiger partial charge >= 0.3 is 5.97 Å². The summed E-state index contributed by atoms with van der Waals surface area (Å²) in [5.74, 6) is 1.20. The maximum Gasteiger partial charge on any atom is 0.336 e. The van der Waals surface area contributed by atoms with Crippen LogP contribution in [-0.2, 0) is 14.3 Å². The summed E-state index contributed by atoms with van der Waals surface area (Å²) >= 11 is 0. The van der Waals surface area contributed by atoms with Gasteiger partial charge in [0.15, 0.2) is 17.3 Å². The molecule has 2 aliphatic rings. The second-order valence-corrected chi connectivity index (χ2v) is 9.38. The molecule has 2 aromatic carbocycles. The van der Waals surface area contributed by atoms with E-state index in [2.05, 4.69) is 5.32 Å². The third-order valence-electron chi connectivity index (χ3n) is 7.11. The van der Waals surface area contributed by atoms with Crippen LogP contribution in [0.3, 0.4) is 0 Å². The van der Waals surface area contributed by atoms with Crippen molar-refractivity contribution < 1.29 is 33.3 Å². The number of hydrogen-bond donors (Lipinski definition) is 1. The molecule has 0 bridgehead atoms. The first kappa shape index (κ1) is 27.1. The van der Waals surface area contributed by atoms with E-state index in [1.807, 2.05) is 38.1 Å². The number of methoxy groups -OCH3 is 4. The molecule has 1 aliphatic heterocycles. The zero-order valence-electron chi connectivity index (χ0n) is 22.8. The molecule has 1 N–H and O–H groups in total. The number of carbonyl (C=O) groups is 2. The summed E-state index contributed by atoms with van der Waals surface area (Å²) in [5, 5.41) is 3.38. The van der Waals surface area contributed by atoms with Crippen molar-refractivity contribution in [2.75, 3.05) is 35.0 Å². The van der Waals surface area contributed by atoms with Crippen LogP contribution in [0.5, 0.6) is 23.0 Å². The smallest absolute Gasteiger partial charge is 0.336 e. The monoisotopic (exact) mass is 521 g/mol. The molecule has 0 fully saturated rings. The lowest BCUT2D eigenvalue weighted by Crippen LogP contribution is -2.36. The van der Waals surface area contributed by atoms with Gasteiger partial charge in [0.05, 0.1) is 46.5 Å². The molecule has 8 heteroatoms. The van der Waals surface area contributed by atoms with Crippen LogP contribution >= 0.6 is 0 Å². The van der Waals surface area contributed by atoms with Crippen molar-refractivity contribution in [1.29, 1.82) is 0 Å². The van der Waals surface area contributed by atoms with Gasteiger partial charge in [0.25, 0.3) is 0 Å². The number of ether oxygens (including phenoxy) is 5. The first-order chi connectivity index (χ1) is 18.4. The van der Waals surface area contributed by atoms with Crippen molar-refractivity contribution in [1.82, 2.24) is 5.32 Å².